The van der Waals surface area contributed by atoms with Crippen LogP contribution >= 0.6 is 0 Å². The number of nitrogens with two attached hydrogens (primary N) is 1. The third-order valence-electron chi connectivity index (χ3n) is 14.7. The number of carbonyl (C=O) groups excluding carboxylic acids is 4. The largest absolute Gasteiger partial charge is 0.481 e. The van der Waals surface area contributed by atoms with E-state index in [1.165, 1.54) is 0 Å². The molecule has 1 saturated carbocycles. The number of ether oxygens (including phenoxy) is 1. The number of pyridine rings is 1. The number of nitrogens with one attached hydrogen (secondary N) is 3. The Morgan fingerprint density at radius 2 is 1.40 bits per heavy atom. The minimum absolute atomic E-state index is 0.140. The van der Waals surface area contributed by atoms with Gasteiger partial charge in [-0.15, -0.1) is 0 Å². The summed E-state index contributed by atoms with van der Waals surface area (Å²) in [6, 6.07) is 37.8. The molecule has 4 heterocycles. The molecule has 2 spiro atoms. The number of carboxylic acid groups (broad SMARTS) is 1. The zero-order valence-electron chi connectivity index (χ0n) is 41.6. The van der Waals surface area contributed by atoms with Crippen LogP contribution in [0.5, 0.6) is 0 Å². The topological polar surface area (TPSA) is 200 Å². The minimum atomic E-state index is -0.670. The van der Waals surface area contributed by atoms with E-state index in [1.54, 1.807) is 28.1 Å². The summed E-state index contributed by atoms with van der Waals surface area (Å²) in [4.78, 5) is 73.9. The number of benzene rings is 4. The van der Waals surface area contributed by atoms with Gasteiger partial charge in [0, 0.05) is 51.2 Å². The number of aliphatic carboxylic acids is 1. The second-order valence-corrected chi connectivity index (χ2v) is 20.9. The van der Waals surface area contributed by atoms with Crippen LogP contribution < -0.4 is 26.6 Å². The van der Waals surface area contributed by atoms with Crippen LogP contribution in [0, 0.1) is 16.7 Å². The summed E-state index contributed by atoms with van der Waals surface area (Å²) < 4.78 is 5.38. The standard InChI is InChI=1S/C42H43N7O3.C15H25NO4/c43-35-18-16-32(31-12-6-2-7-13-31)26-36(35)47-39(50)33-17-19-38(45-28-33)48-24-21-42(22-25-48)27-37(40(51)46-34-14-8-3-9-15-34)49(29-42)41(52)44-23-20-30-10-4-1-5-11-30;1-14(2,3)20-13(19)16-8-6-15(7-9-16)5-4-11(10-15)12(17)18/h1-19,26,28,37H,20-25,27,29,43H2,(H,44,52)(H,46,51)(H,47,50);11H,4-10H2,1-3H3,(H,17,18). The van der Waals surface area contributed by atoms with Gasteiger partial charge in [-0.2, -0.15) is 0 Å². The number of para-hydroxylation sites is 1. The first-order chi connectivity index (χ1) is 34.6. The van der Waals surface area contributed by atoms with Crippen LogP contribution in [0.2, 0.25) is 0 Å². The number of nitrogens with zero attached hydrogens (tertiary/aromatic N) is 4. The van der Waals surface area contributed by atoms with Gasteiger partial charge in [0.05, 0.1) is 22.9 Å². The number of anilines is 4. The number of carboxylic acids is 1. The molecule has 1 aromatic heterocycles. The molecule has 9 rings (SSSR count). The third kappa shape index (κ3) is 12.9. The molecule has 72 heavy (non-hydrogen) atoms. The van der Waals surface area contributed by atoms with E-state index >= 15 is 0 Å². The van der Waals surface area contributed by atoms with Gasteiger partial charge in [-0.25, -0.2) is 14.6 Å². The zero-order chi connectivity index (χ0) is 50.9. The zero-order valence-corrected chi connectivity index (χ0v) is 41.6. The Morgan fingerprint density at radius 3 is 2.03 bits per heavy atom. The highest BCUT2D eigenvalue weighted by molar-refractivity contribution is 6.06. The second kappa shape index (κ2) is 22.3. The summed E-state index contributed by atoms with van der Waals surface area (Å²) >= 11 is 0. The highest BCUT2D eigenvalue weighted by atomic mass is 16.6. The van der Waals surface area contributed by atoms with Crippen LogP contribution in [0.3, 0.4) is 0 Å². The van der Waals surface area contributed by atoms with Crippen LogP contribution in [-0.4, -0.2) is 101 Å². The predicted octanol–water partition coefficient (Wildman–Crippen LogP) is 9.72. The Hall–Kier alpha value is -7.42. The van der Waals surface area contributed by atoms with Crippen molar-refractivity contribution in [3.63, 3.8) is 0 Å². The monoisotopic (exact) mass is 977 g/mol. The quantitative estimate of drug-likeness (QED) is 0.0840. The van der Waals surface area contributed by atoms with Gasteiger partial charge in [0.2, 0.25) is 5.91 Å². The molecule has 4 aromatic carbocycles. The third-order valence-corrected chi connectivity index (χ3v) is 14.7. The first kappa shape index (κ1) is 51.0. The Labute approximate surface area is 422 Å². The summed E-state index contributed by atoms with van der Waals surface area (Å²) in [5.74, 6) is -0.544. The summed E-state index contributed by atoms with van der Waals surface area (Å²) in [5, 5.41) is 18.2. The van der Waals surface area contributed by atoms with E-state index in [9.17, 15) is 24.0 Å². The average molecular weight is 977 g/mol. The molecule has 0 bridgehead atoms. The molecule has 4 aliphatic rings. The summed E-state index contributed by atoms with van der Waals surface area (Å²) in [6.45, 7) is 9.39. The summed E-state index contributed by atoms with van der Waals surface area (Å²) in [6.07, 6.45) is 8.57. The van der Waals surface area contributed by atoms with Crippen LogP contribution in [-0.2, 0) is 20.7 Å². The van der Waals surface area contributed by atoms with Crippen molar-refractivity contribution in [3.05, 3.63) is 139 Å². The van der Waals surface area contributed by atoms with Crippen LogP contribution in [0.25, 0.3) is 11.1 Å². The Morgan fingerprint density at radius 1 is 0.750 bits per heavy atom. The first-order valence-electron chi connectivity index (χ1n) is 25.2. The van der Waals surface area contributed by atoms with E-state index in [0.717, 1.165) is 80.5 Å². The van der Waals surface area contributed by atoms with E-state index in [-0.39, 0.29) is 40.7 Å². The molecule has 0 radical (unpaired) electrons. The van der Waals surface area contributed by atoms with Crippen molar-refractivity contribution in [2.75, 3.05) is 60.5 Å². The fourth-order valence-electron chi connectivity index (χ4n) is 10.6. The van der Waals surface area contributed by atoms with Crippen molar-refractivity contribution in [3.8, 4) is 11.1 Å². The predicted molar refractivity (Wildman–Crippen MR) is 281 cm³/mol. The number of rotatable bonds is 10. The van der Waals surface area contributed by atoms with Crippen LogP contribution in [0.1, 0.15) is 88.1 Å². The molecule has 1 aliphatic carbocycles. The number of carbonyl (C=O) groups is 5. The van der Waals surface area contributed by atoms with Gasteiger partial charge in [-0.3, -0.25) is 14.4 Å². The number of urea groups is 1. The summed E-state index contributed by atoms with van der Waals surface area (Å²) in [5.41, 5.74) is 11.0. The van der Waals surface area contributed by atoms with E-state index in [2.05, 4.69) is 25.8 Å². The van der Waals surface area contributed by atoms with Crippen molar-refractivity contribution >= 4 is 52.8 Å². The number of aromatic nitrogens is 1. The number of piperidine rings is 2. The second-order valence-electron chi connectivity index (χ2n) is 20.9. The molecular formula is C57H68N8O7. The molecular weight excluding hydrogens is 909 g/mol. The maximum Gasteiger partial charge on any atom is 0.410 e. The van der Waals surface area contributed by atoms with E-state index in [0.29, 0.717) is 61.6 Å². The lowest BCUT2D eigenvalue weighted by atomic mass is 9.76. The molecule has 3 aliphatic heterocycles. The molecule has 2 unspecified atom stereocenters. The van der Waals surface area contributed by atoms with Gasteiger partial charge < -0.3 is 46.2 Å². The number of hydrogen-bond donors (Lipinski definition) is 5. The number of likely N-dealkylation sites (tertiary alicyclic amines) is 2. The van der Waals surface area contributed by atoms with Gasteiger partial charge in [0.15, 0.2) is 0 Å². The Kier molecular flexibility index (Phi) is 15.8. The van der Waals surface area contributed by atoms with Gasteiger partial charge >= 0.3 is 18.1 Å². The molecule has 15 nitrogen and oxygen atoms in total. The average Bonchev–Trinajstić information content (AvgIpc) is 3.98. The molecule has 378 valence electrons. The number of nitrogen functional groups attached to an aromatic ring is 1. The molecule has 15 heteroatoms. The maximum absolute atomic E-state index is 13.6. The fourth-order valence-corrected chi connectivity index (χ4v) is 10.6. The SMILES string of the molecule is CC(C)(C)OC(=O)N1CCC2(CCC(C(=O)O)C2)CC1.Nc1ccc(-c2ccccc2)cc1NC(=O)c1ccc(N2CCC3(CC2)CC(C(=O)Nc2ccccc2)N(C(=O)NCCc2ccccc2)C3)nc1. The summed E-state index contributed by atoms with van der Waals surface area (Å²) in [7, 11) is 0. The van der Waals surface area contributed by atoms with E-state index in [4.69, 9.17) is 15.6 Å². The fraction of sp³-hybridized carbons (Fsp3) is 0.404. The Bertz CT molecular complexity index is 2660. The van der Waals surface area contributed by atoms with Crippen LogP contribution in [0.4, 0.5) is 32.5 Å². The van der Waals surface area contributed by atoms with Gasteiger partial charge in [0.25, 0.3) is 5.91 Å². The van der Waals surface area contributed by atoms with Crippen LogP contribution in [0.15, 0.2) is 128 Å². The Balaban J connectivity index is 0.000000290. The van der Waals surface area contributed by atoms with Crippen molar-refractivity contribution in [2.45, 2.75) is 90.2 Å². The molecule has 5 amide bonds. The smallest absolute Gasteiger partial charge is 0.410 e. The van der Waals surface area contributed by atoms with Gasteiger partial charge in [-0.05, 0) is 142 Å². The lowest BCUT2D eigenvalue weighted by Gasteiger charge is -2.39. The van der Waals surface area contributed by atoms with E-state index in [1.807, 2.05) is 130 Å². The molecule has 5 aromatic rings. The molecule has 2 atom stereocenters. The first-order valence-corrected chi connectivity index (χ1v) is 25.2. The number of amides is 5. The maximum atomic E-state index is 13.6. The lowest BCUT2D eigenvalue weighted by molar-refractivity contribution is -0.141. The molecule has 4 fully saturated rings. The minimum Gasteiger partial charge on any atom is -0.481 e. The highest BCUT2D eigenvalue weighted by Crippen LogP contribution is 2.49. The van der Waals surface area contributed by atoms with Gasteiger partial charge in [0.1, 0.15) is 17.5 Å². The van der Waals surface area contributed by atoms with Crippen molar-refractivity contribution in [1.29, 1.82) is 0 Å². The highest BCUT2D eigenvalue weighted by Gasteiger charge is 2.50. The van der Waals surface area contributed by atoms with E-state index < -0.39 is 17.6 Å². The molecule has 6 N–H and O–H groups in total. The normalized spacial score (nSPS) is 19.0. The lowest BCUT2D eigenvalue weighted by Crippen LogP contribution is -2.48. The number of hydrogen-bond acceptors (Lipinski definition) is 9. The van der Waals surface area contributed by atoms with Gasteiger partial charge in [-0.1, -0.05) is 84.9 Å². The van der Waals surface area contributed by atoms with Crippen molar-refractivity contribution in [1.82, 2.24) is 20.1 Å². The van der Waals surface area contributed by atoms with Crippen molar-refractivity contribution in [2.24, 2.45) is 16.7 Å². The van der Waals surface area contributed by atoms with Crippen molar-refractivity contribution < 1.29 is 33.8 Å². The molecule has 3 saturated heterocycles.